The summed E-state index contributed by atoms with van der Waals surface area (Å²) in [7, 11) is 0. The van der Waals surface area contributed by atoms with Crippen molar-refractivity contribution in [2.45, 2.75) is 19.1 Å². The highest BCUT2D eigenvalue weighted by molar-refractivity contribution is 9.10. The van der Waals surface area contributed by atoms with E-state index in [1.54, 1.807) is 30.3 Å². The normalized spacial score (nSPS) is 11.5. The first-order valence-electron chi connectivity index (χ1n) is 7.75. The molecule has 27 heavy (non-hydrogen) atoms. The molecule has 0 unspecified atom stereocenters. The Balaban J connectivity index is 2.02. The Morgan fingerprint density at radius 3 is 2.48 bits per heavy atom. The van der Waals surface area contributed by atoms with Gasteiger partial charge in [0.05, 0.1) is 5.56 Å². The number of Topliss-reactive ketones (excluding diaryl/α,β-unsaturated/α-hetero) is 1. The van der Waals surface area contributed by atoms with E-state index in [1.807, 2.05) is 0 Å². The van der Waals surface area contributed by atoms with E-state index in [-0.39, 0.29) is 22.3 Å². The Bertz CT molecular complexity index is 837. The standard InChI is InChI=1S/C18H16BrFN2O5/c19-12-6-11(20)7-13(21)16(12)15(23)8-14(17(24)25)22-18(26)27-9-10-4-2-1-3-5-10/h1-7,14H,8-9,21H2,(H,22,26)(H,24,25)/t14-/m0/s1. The van der Waals surface area contributed by atoms with Crippen LogP contribution in [0.15, 0.2) is 46.9 Å². The molecule has 4 N–H and O–H groups in total. The molecule has 0 spiro atoms. The van der Waals surface area contributed by atoms with Gasteiger partial charge in [-0.05, 0) is 33.6 Å². The molecule has 0 aromatic heterocycles. The van der Waals surface area contributed by atoms with Crippen LogP contribution in [-0.2, 0) is 16.1 Å². The van der Waals surface area contributed by atoms with Crippen LogP contribution < -0.4 is 11.1 Å². The molecule has 0 aliphatic heterocycles. The van der Waals surface area contributed by atoms with Crippen molar-refractivity contribution in [1.82, 2.24) is 5.32 Å². The predicted octanol–water partition coefficient (Wildman–Crippen LogP) is 3.12. The molecule has 142 valence electrons. The number of ketones is 1. The largest absolute Gasteiger partial charge is 0.480 e. The second kappa shape index (κ2) is 9.13. The number of hydrogen-bond donors (Lipinski definition) is 3. The van der Waals surface area contributed by atoms with E-state index in [9.17, 15) is 23.9 Å². The molecule has 0 bridgehead atoms. The lowest BCUT2D eigenvalue weighted by atomic mass is 10.0. The van der Waals surface area contributed by atoms with E-state index >= 15 is 0 Å². The highest BCUT2D eigenvalue weighted by Crippen LogP contribution is 2.26. The Kier molecular flexibility index (Phi) is 6.89. The van der Waals surface area contributed by atoms with Gasteiger partial charge in [-0.1, -0.05) is 30.3 Å². The van der Waals surface area contributed by atoms with E-state index in [2.05, 4.69) is 21.2 Å². The maximum absolute atomic E-state index is 13.3. The summed E-state index contributed by atoms with van der Waals surface area (Å²) in [6.07, 6.45) is -1.56. The van der Waals surface area contributed by atoms with Crippen molar-refractivity contribution in [1.29, 1.82) is 0 Å². The predicted molar refractivity (Wildman–Crippen MR) is 98.6 cm³/mol. The van der Waals surface area contributed by atoms with Gasteiger partial charge in [-0.15, -0.1) is 0 Å². The summed E-state index contributed by atoms with van der Waals surface area (Å²) in [4.78, 5) is 35.6. The average molecular weight is 439 g/mol. The highest BCUT2D eigenvalue weighted by Gasteiger charge is 2.26. The van der Waals surface area contributed by atoms with Crippen LogP contribution >= 0.6 is 15.9 Å². The number of ether oxygens (including phenoxy) is 1. The first-order valence-corrected chi connectivity index (χ1v) is 8.55. The Hall–Kier alpha value is -2.94. The lowest BCUT2D eigenvalue weighted by Crippen LogP contribution is -2.42. The number of nitrogens with two attached hydrogens (primary N) is 1. The van der Waals surface area contributed by atoms with Gasteiger partial charge in [0.1, 0.15) is 18.5 Å². The molecule has 1 amide bonds. The number of amides is 1. The number of carboxylic acids is 1. The van der Waals surface area contributed by atoms with Crippen LogP contribution in [0.3, 0.4) is 0 Å². The number of carboxylic acid groups (broad SMARTS) is 1. The summed E-state index contributed by atoms with van der Waals surface area (Å²) in [5.74, 6) is -2.74. The Morgan fingerprint density at radius 1 is 1.22 bits per heavy atom. The molecule has 1 atom stereocenters. The zero-order valence-electron chi connectivity index (χ0n) is 13.9. The molecular weight excluding hydrogens is 423 g/mol. The van der Waals surface area contributed by atoms with Crippen LogP contribution in [0.25, 0.3) is 0 Å². The second-order valence-electron chi connectivity index (χ2n) is 5.58. The fourth-order valence-corrected chi connectivity index (χ4v) is 2.95. The van der Waals surface area contributed by atoms with Gasteiger partial charge in [-0.3, -0.25) is 4.79 Å². The maximum Gasteiger partial charge on any atom is 0.408 e. The van der Waals surface area contributed by atoms with Crippen molar-refractivity contribution in [2.24, 2.45) is 0 Å². The van der Waals surface area contributed by atoms with Gasteiger partial charge in [0.2, 0.25) is 0 Å². The molecule has 2 aromatic carbocycles. The van der Waals surface area contributed by atoms with Crippen molar-refractivity contribution in [2.75, 3.05) is 5.73 Å². The van der Waals surface area contributed by atoms with Gasteiger partial charge < -0.3 is 20.9 Å². The smallest absolute Gasteiger partial charge is 0.408 e. The minimum atomic E-state index is -1.53. The minimum Gasteiger partial charge on any atom is -0.480 e. The second-order valence-corrected chi connectivity index (χ2v) is 6.43. The fourth-order valence-electron chi connectivity index (χ4n) is 2.28. The third-order valence-electron chi connectivity index (χ3n) is 3.56. The van der Waals surface area contributed by atoms with E-state index in [4.69, 9.17) is 10.5 Å². The van der Waals surface area contributed by atoms with E-state index in [1.165, 1.54) is 0 Å². The Morgan fingerprint density at radius 2 is 1.89 bits per heavy atom. The minimum absolute atomic E-state index is 0.0522. The monoisotopic (exact) mass is 438 g/mol. The highest BCUT2D eigenvalue weighted by atomic mass is 79.9. The van der Waals surface area contributed by atoms with Crippen LogP contribution in [-0.4, -0.2) is 29.0 Å². The topological polar surface area (TPSA) is 119 Å². The number of anilines is 1. The fraction of sp³-hybridized carbons (Fsp3) is 0.167. The molecular formula is C18H16BrFN2O5. The SMILES string of the molecule is Nc1cc(F)cc(Br)c1C(=O)C[C@H](NC(=O)OCc1ccccc1)C(=O)O. The van der Waals surface area contributed by atoms with Crippen molar-refractivity contribution in [3.05, 3.63) is 63.9 Å². The van der Waals surface area contributed by atoms with Gasteiger partial charge in [0, 0.05) is 16.6 Å². The third-order valence-corrected chi connectivity index (χ3v) is 4.18. The summed E-state index contributed by atoms with van der Waals surface area (Å²) < 4.78 is 18.3. The molecule has 0 aliphatic rings. The molecule has 7 nitrogen and oxygen atoms in total. The zero-order valence-corrected chi connectivity index (χ0v) is 15.5. The van der Waals surface area contributed by atoms with Gasteiger partial charge in [-0.25, -0.2) is 14.0 Å². The summed E-state index contributed by atoms with van der Waals surface area (Å²) in [5, 5.41) is 11.4. The van der Waals surface area contributed by atoms with Crippen LogP contribution in [0.4, 0.5) is 14.9 Å². The van der Waals surface area contributed by atoms with Crippen LogP contribution in [0.5, 0.6) is 0 Å². The quantitative estimate of drug-likeness (QED) is 0.451. The van der Waals surface area contributed by atoms with Gasteiger partial charge >= 0.3 is 12.1 Å². The Labute approximate surface area is 162 Å². The van der Waals surface area contributed by atoms with Crippen molar-refractivity contribution < 1.29 is 28.6 Å². The molecule has 0 saturated heterocycles. The molecule has 2 aromatic rings. The molecule has 0 aliphatic carbocycles. The molecule has 0 fully saturated rings. The van der Waals surface area contributed by atoms with Crippen LogP contribution in [0.2, 0.25) is 0 Å². The zero-order chi connectivity index (χ0) is 20.0. The van der Waals surface area contributed by atoms with Crippen molar-refractivity contribution in [3.63, 3.8) is 0 Å². The maximum atomic E-state index is 13.3. The van der Waals surface area contributed by atoms with E-state index < -0.39 is 36.1 Å². The number of carbonyl (C=O) groups excluding carboxylic acids is 2. The van der Waals surface area contributed by atoms with Gasteiger partial charge in [0.25, 0.3) is 0 Å². The molecule has 2 rings (SSSR count). The number of nitrogens with one attached hydrogen (secondary N) is 1. The van der Waals surface area contributed by atoms with Crippen molar-refractivity contribution in [3.8, 4) is 0 Å². The van der Waals surface area contributed by atoms with Gasteiger partial charge in [0.15, 0.2) is 5.78 Å². The molecule has 0 radical (unpaired) electrons. The number of halogens is 2. The lowest BCUT2D eigenvalue weighted by Gasteiger charge is -2.15. The van der Waals surface area contributed by atoms with E-state index in [0.717, 1.165) is 17.7 Å². The summed E-state index contributed by atoms with van der Waals surface area (Å²) in [6, 6.07) is 9.27. The lowest BCUT2D eigenvalue weighted by molar-refractivity contribution is -0.139. The summed E-state index contributed by atoms with van der Waals surface area (Å²) >= 11 is 3.03. The van der Waals surface area contributed by atoms with Gasteiger partial charge in [-0.2, -0.15) is 0 Å². The molecule has 0 heterocycles. The first-order chi connectivity index (χ1) is 12.8. The van der Waals surface area contributed by atoms with Crippen LogP contribution in [0.1, 0.15) is 22.3 Å². The number of carbonyl (C=O) groups is 3. The summed E-state index contributed by atoms with van der Waals surface area (Å²) in [6.45, 7) is -0.0522. The van der Waals surface area contributed by atoms with E-state index in [0.29, 0.717) is 0 Å². The first kappa shape index (κ1) is 20.4. The van der Waals surface area contributed by atoms with Crippen molar-refractivity contribution >= 4 is 39.5 Å². The molecule has 9 heteroatoms. The third kappa shape index (κ3) is 5.78. The van der Waals surface area contributed by atoms with Crippen LogP contribution in [0, 0.1) is 5.82 Å². The number of benzene rings is 2. The average Bonchev–Trinajstić information content (AvgIpc) is 2.59. The number of nitrogen functional groups attached to an aromatic ring is 1. The molecule has 0 saturated carbocycles. The number of rotatable bonds is 7. The number of alkyl carbamates (subject to hydrolysis) is 1. The number of hydrogen-bond acceptors (Lipinski definition) is 5. The number of aliphatic carboxylic acids is 1. The summed E-state index contributed by atoms with van der Waals surface area (Å²) in [5.41, 5.74) is 6.17.